The smallest absolute Gasteiger partial charge is 0.354 e. The van der Waals surface area contributed by atoms with Gasteiger partial charge >= 0.3 is 11.9 Å². The summed E-state index contributed by atoms with van der Waals surface area (Å²) >= 11 is 0. The third kappa shape index (κ3) is 7.10. The zero-order valence-electron chi connectivity index (χ0n) is 9.60. The van der Waals surface area contributed by atoms with Gasteiger partial charge in [0.25, 0.3) is 0 Å². The van der Waals surface area contributed by atoms with Crippen LogP contribution in [0.5, 0.6) is 0 Å². The Bertz CT molecular complexity index is 470. The van der Waals surface area contributed by atoms with E-state index in [0.717, 1.165) is 0 Å². The maximum absolute atomic E-state index is 10.1. The van der Waals surface area contributed by atoms with Crippen molar-refractivity contribution in [3.8, 4) is 0 Å². The molecule has 0 amide bonds. The summed E-state index contributed by atoms with van der Waals surface area (Å²) in [5.74, 6) is -1.98. The van der Waals surface area contributed by atoms with Crippen molar-refractivity contribution in [2.45, 2.75) is 0 Å². The number of pyridine rings is 2. The van der Waals surface area contributed by atoms with Crippen molar-refractivity contribution in [1.82, 2.24) is 9.97 Å². The van der Waals surface area contributed by atoms with Gasteiger partial charge in [0.2, 0.25) is 0 Å². The second-order valence-corrected chi connectivity index (χ2v) is 3.04. The van der Waals surface area contributed by atoms with Gasteiger partial charge in [0, 0.05) is 61.8 Å². The quantitative estimate of drug-likeness (QED) is 0.797. The summed E-state index contributed by atoms with van der Waals surface area (Å²) in [7, 11) is 0. The Morgan fingerprint density at radius 3 is 1.32 bits per heavy atom. The minimum atomic E-state index is -0.990. The third-order valence-corrected chi connectivity index (χ3v) is 1.77. The molecule has 0 atom stereocenters. The van der Waals surface area contributed by atoms with E-state index in [1.807, 2.05) is 0 Å². The van der Waals surface area contributed by atoms with Crippen LogP contribution in [0.3, 0.4) is 0 Å². The topological polar surface area (TPSA) is 100 Å². The molecular formula is C12H10EuN2O4. The molecule has 2 aromatic heterocycles. The van der Waals surface area contributed by atoms with Crippen LogP contribution < -0.4 is 0 Å². The van der Waals surface area contributed by atoms with Crippen molar-refractivity contribution < 1.29 is 69.2 Å². The van der Waals surface area contributed by atoms with Crippen molar-refractivity contribution in [3.63, 3.8) is 0 Å². The van der Waals surface area contributed by atoms with E-state index in [0.29, 0.717) is 0 Å². The van der Waals surface area contributed by atoms with E-state index in [9.17, 15) is 9.59 Å². The molecule has 0 fully saturated rings. The van der Waals surface area contributed by atoms with Gasteiger partial charge in [-0.1, -0.05) is 12.1 Å². The normalized spacial score (nSPS) is 8.42. The second kappa shape index (κ2) is 9.72. The number of carbonyl (C=O) groups is 2. The molecule has 19 heavy (non-hydrogen) atoms. The Balaban J connectivity index is 0.000000324. The molecule has 2 aromatic rings. The van der Waals surface area contributed by atoms with Crippen molar-refractivity contribution in [2.24, 2.45) is 0 Å². The number of aromatic carboxylic acids is 2. The van der Waals surface area contributed by atoms with Gasteiger partial charge in [0.05, 0.1) is 0 Å². The molecule has 0 aromatic carbocycles. The maximum Gasteiger partial charge on any atom is 0.354 e. The first-order chi connectivity index (χ1) is 8.61. The summed E-state index contributed by atoms with van der Waals surface area (Å²) in [6.07, 6.45) is 2.90. The van der Waals surface area contributed by atoms with Crippen LogP contribution >= 0.6 is 0 Å². The van der Waals surface area contributed by atoms with E-state index in [1.54, 1.807) is 24.3 Å². The predicted octanol–water partition coefficient (Wildman–Crippen LogP) is 1.56. The van der Waals surface area contributed by atoms with Gasteiger partial charge < -0.3 is 10.2 Å². The van der Waals surface area contributed by atoms with Gasteiger partial charge in [-0.05, 0) is 24.3 Å². The van der Waals surface area contributed by atoms with E-state index in [4.69, 9.17) is 10.2 Å². The monoisotopic (exact) mass is 399 g/mol. The predicted molar refractivity (Wildman–Crippen MR) is 62.4 cm³/mol. The first-order valence-electron chi connectivity index (χ1n) is 4.90. The molecule has 0 saturated heterocycles. The average Bonchev–Trinajstić information content (AvgIpc) is 2.41. The Hall–Kier alpha value is -1.18. The molecule has 6 nitrogen and oxygen atoms in total. The molecule has 0 spiro atoms. The van der Waals surface area contributed by atoms with E-state index < -0.39 is 11.9 Å². The van der Waals surface area contributed by atoms with E-state index in [1.165, 1.54) is 24.5 Å². The van der Waals surface area contributed by atoms with Crippen LogP contribution in [0.15, 0.2) is 48.8 Å². The first-order valence-corrected chi connectivity index (χ1v) is 4.90. The molecule has 0 saturated carbocycles. The number of nitrogens with zero attached hydrogens (tertiary/aromatic N) is 2. The minimum absolute atomic E-state index is 0. The van der Waals surface area contributed by atoms with E-state index >= 15 is 0 Å². The van der Waals surface area contributed by atoms with Crippen LogP contribution in [0, 0.1) is 49.4 Å². The number of carboxylic acids is 2. The van der Waals surface area contributed by atoms with Crippen molar-refractivity contribution >= 4 is 11.9 Å². The zero-order chi connectivity index (χ0) is 13.4. The van der Waals surface area contributed by atoms with E-state index in [2.05, 4.69) is 9.97 Å². The molecule has 0 bridgehead atoms. The van der Waals surface area contributed by atoms with Crippen molar-refractivity contribution in [1.29, 1.82) is 0 Å². The first kappa shape index (κ1) is 17.8. The Labute approximate surface area is 150 Å². The fraction of sp³-hybridized carbons (Fsp3) is 0. The standard InChI is InChI=1S/2C6H5NO2.Eu/c2*8-6(9)5-3-1-2-4-7-5;/h2*1-4H,(H,8,9);. The number of carboxylic acid groups (broad SMARTS) is 2. The van der Waals surface area contributed by atoms with Gasteiger partial charge in [0.1, 0.15) is 11.4 Å². The van der Waals surface area contributed by atoms with Crippen LogP contribution in [0.1, 0.15) is 21.0 Å². The largest absolute Gasteiger partial charge is 0.477 e. The summed E-state index contributed by atoms with van der Waals surface area (Å²) in [6, 6.07) is 9.51. The SMILES string of the molecule is O=C(O)c1ccccn1.O=C(O)c1ccccn1.[Eu]. The molecule has 0 aliphatic heterocycles. The van der Waals surface area contributed by atoms with E-state index in [-0.39, 0.29) is 60.8 Å². The van der Waals surface area contributed by atoms with Gasteiger partial charge in [-0.25, -0.2) is 19.6 Å². The summed E-state index contributed by atoms with van der Waals surface area (Å²) in [4.78, 5) is 27.4. The Kier molecular flexibility index (Phi) is 9.11. The summed E-state index contributed by atoms with van der Waals surface area (Å²) < 4.78 is 0. The van der Waals surface area contributed by atoms with Crippen molar-refractivity contribution in [3.05, 3.63) is 60.2 Å². The molecule has 1 radical (unpaired) electrons. The summed E-state index contributed by atoms with van der Waals surface area (Å²) in [5.41, 5.74) is 0.162. The van der Waals surface area contributed by atoms with Crippen LogP contribution in [-0.2, 0) is 0 Å². The van der Waals surface area contributed by atoms with Crippen LogP contribution in [0.25, 0.3) is 0 Å². The maximum atomic E-state index is 10.1. The molecule has 0 aliphatic carbocycles. The number of aromatic nitrogens is 2. The van der Waals surface area contributed by atoms with Gasteiger partial charge in [0.15, 0.2) is 0 Å². The number of hydrogen-bond acceptors (Lipinski definition) is 4. The second-order valence-electron chi connectivity index (χ2n) is 3.04. The van der Waals surface area contributed by atoms with Gasteiger partial charge in [-0.3, -0.25) is 0 Å². The molecule has 2 N–H and O–H groups in total. The molecular weight excluding hydrogens is 388 g/mol. The average molecular weight is 398 g/mol. The van der Waals surface area contributed by atoms with Crippen LogP contribution in [-0.4, -0.2) is 32.1 Å². The van der Waals surface area contributed by atoms with Crippen LogP contribution in [0.4, 0.5) is 0 Å². The Morgan fingerprint density at radius 2 is 1.16 bits per heavy atom. The minimum Gasteiger partial charge on any atom is -0.477 e. The molecule has 0 aliphatic rings. The third-order valence-electron chi connectivity index (χ3n) is 1.77. The van der Waals surface area contributed by atoms with Gasteiger partial charge in [-0.2, -0.15) is 0 Å². The zero-order valence-corrected chi connectivity index (χ0v) is 12.0. The molecule has 2 rings (SSSR count). The Morgan fingerprint density at radius 1 is 0.789 bits per heavy atom. The van der Waals surface area contributed by atoms with Crippen LogP contribution in [0.2, 0.25) is 0 Å². The summed E-state index contributed by atoms with van der Waals surface area (Å²) in [6.45, 7) is 0. The van der Waals surface area contributed by atoms with Gasteiger partial charge in [-0.15, -0.1) is 0 Å². The molecule has 99 valence electrons. The summed E-state index contributed by atoms with van der Waals surface area (Å²) in [5, 5.41) is 16.6. The fourth-order valence-corrected chi connectivity index (χ4v) is 0.979. The molecule has 0 unspecified atom stereocenters. The fourth-order valence-electron chi connectivity index (χ4n) is 0.979. The van der Waals surface area contributed by atoms with Crippen molar-refractivity contribution in [2.75, 3.05) is 0 Å². The number of hydrogen-bond donors (Lipinski definition) is 2. The molecule has 2 heterocycles. The number of rotatable bonds is 2. The molecule has 7 heteroatoms.